The summed E-state index contributed by atoms with van der Waals surface area (Å²) in [7, 11) is 0. The number of Topliss-reactive ketones (excluding diaryl/α,β-unsaturated/α-hetero) is 1. The zero-order chi connectivity index (χ0) is 21.0. The predicted octanol–water partition coefficient (Wildman–Crippen LogP) is 3.39. The fourth-order valence-corrected chi connectivity index (χ4v) is 3.65. The van der Waals surface area contributed by atoms with Crippen molar-refractivity contribution in [2.75, 3.05) is 18.1 Å². The smallest absolute Gasteiger partial charge is 0.310 e. The maximum absolute atomic E-state index is 12.5. The number of allylic oxidation sites excluding steroid dienone is 1. The molecule has 152 valence electrons. The van der Waals surface area contributed by atoms with Crippen molar-refractivity contribution in [3.8, 4) is 0 Å². The zero-order valence-corrected chi connectivity index (χ0v) is 16.9. The van der Waals surface area contributed by atoms with Crippen molar-refractivity contribution < 1.29 is 19.1 Å². The van der Waals surface area contributed by atoms with E-state index in [-0.39, 0.29) is 24.7 Å². The van der Waals surface area contributed by atoms with Gasteiger partial charge in [-0.25, -0.2) is 0 Å². The molecule has 1 aliphatic heterocycles. The summed E-state index contributed by atoms with van der Waals surface area (Å²) in [6.45, 7) is 8.61. The van der Waals surface area contributed by atoms with E-state index in [0.717, 1.165) is 35.6 Å². The summed E-state index contributed by atoms with van der Waals surface area (Å²) in [5, 5.41) is 0. The van der Waals surface area contributed by atoms with Gasteiger partial charge in [-0.3, -0.25) is 14.4 Å². The molecule has 2 aromatic rings. The average molecular weight is 394 g/mol. The molecule has 6 nitrogen and oxygen atoms in total. The summed E-state index contributed by atoms with van der Waals surface area (Å²) in [5.41, 5.74) is 4.00. The number of carbonyl (C=O) groups excluding carboxylic acids is 3. The van der Waals surface area contributed by atoms with E-state index in [9.17, 15) is 14.4 Å². The van der Waals surface area contributed by atoms with E-state index >= 15 is 0 Å². The predicted molar refractivity (Wildman–Crippen MR) is 111 cm³/mol. The lowest BCUT2D eigenvalue weighted by Crippen LogP contribution is -2.23. The van der Waals surface area contributed by atoms with Gasteiger partial charge in [0.15, 0.2) is 6.61 Å². The van der Waals surface area contributed by atoms with Crippen LogP contribution in [0.2, 0.25) is 0 Å². The van der Waals surface area contributed by atoms with Crippen molar-refractivity contribution in [3.05, 3.63) is 65.5 Å². The van der Waals surface area contributed by atoms with Gasteiger partial charge < -0.3 is 14.2 Å². The van der Waals surface area contributed by atoms with Crippen LogP contribution in [0.1, 0.15) is 40.2 Å². The van der Waals surface area contributed by atoms with Crippen LogP contribution < -0.4 is 4.90 Å². The Morgan fingerprint density at radius 3 is 2.55 bits per heavy atom. The fourth-order valence-electron chi connectivity index (χ4n) is 3.65. The molecular weight excluding hydrogens is 368 g/mol. The summed E-state index contributed by atoms with van der Waals surface area (Å²) in [6, 6.07) is 9.12. The van der Waals surface area contributed by atoms with Crippen molar-refractivity contribution in [2.45, 2.75) is 39.7 Å². The summed E-state index contributed by atoms with van der Waals surface area (Å²) in [5.74, 6) is -0.545. The van der Waals surface area contributed by atoms with Crippen LogP contribution in [0.3, 0.4) is 0 Å². The molecule has 0 atom stereocenters. The Bertz CT molecular complexity index is 941. The number of hydrogen-bond acceptors (Lipinski definition) is 4. The highest BCUT2D eigenvalue weighted by molar-refractivity contribution is 5.99. The molecule has 1 aliphatic rings. The number of hydrogen-bond donors (Lipinski definition) is 0. The highest BCUT2D eigenvalue weighted by Gasteiger charge is 2.21. The second-order valence-electron chi connectivity index (χ2n) is 7.26. The number of ketones is 1. The number of rotatable bonds is 8. The van der Waals surface area contributed by atoms with E-state index < -0.39 is 5.97 Å². The highest BCUT2D eigenvalue weighted by Crippen LogP contribution is 2.22. The minimum absolute atomic E-state index is 0.0803. The fraction of sp³-hybridized carbons (Fsp3) is 0.348. The van der Waals surface area contributed by atoms with E-state index in [4.69, 9.17) is 4.74 Å². The molecule has 1 fully saturated rings. The third-order valence-electron chi connectivity index (χ3n) is 5.22. The van der Waals surface area contributed by atoms with Crippen LogP contribution in [-0.4, -0.2) is 35.4 Å². The molecule has 0 bridgehead atoms. The number of aryl methyl sites for hydroxylation is 1. The van der Waals surface area contributed by atoms with Crippen LogP contribution in [-0.2, 0) is 27.3 Å². The molecule has 1 amide bonds. The standard InChI is InChI=1S/C23H26N2O4/c1-4-11-24-16(2)13-20(17(24)3)21(26)15-29-23(28)14-18-7-9-19(10-8-18)25-12-5-6-22(25)27/h4,7-10,13H,1,5-6,11-12,14-15H2,2-3H3. The SMILES string of the molecule is C=CCn1c(C)cc(C(=O)COC(=O)Cc2ccc(N3CCCC3=O)cc2)c1C. The molecule has 1 aromatic carbocycles. The highest BCUT2D eigenvalue weighted by atomic mass is 16.5. The average Bonchev–Trinajstić information content (AvgIpc) is 3.25. The Morgan fingerprint density at radius 1 is 1.21 bits per heavy atom. The first-order valence-corrected chi connectivity index (χ1v) is 9.76. The van der Waals surface area contributed by atoms with Crippen LogP contribution in [0.4, 0.5) is 5.69 Å². The van der Waals surface area contributed by atoms with Crippen LogP contribution >= 0.6 is 0 Å². The van der Waals surface area contributed by atoms with E-state index in [2.05, 4.69) is 6.58 Å². The molecule has 3 rings (SSSR count). The normalized spacial score (nSPS) is 13.6. The molecule has 0 saturated carbocycles. The van der Waals surface area contributed by atoms with Gasteiger partial charge in [0, 0.05) is 42.1 Å². The van der Waals surface area contributed by atoms with Crippen molar-refractivity contribution in [1.29, 1.82) is 0 Å². The van der Waals surface area contributed by atoms with Gasteiger partial charge in [-0.2, -0.15) is 0 Å². The molecule has 1 saturated heterocycles. The summed E-state index contributed by atoms with van der Waals surface area (Å²) >= 11 is 0. The minimum atomic E-state index is -0.455. The van der Waals surface area contributed by atoms with Gasteiger partial charge >= 0.3 is 5.97 Å². The Hall–Kier alpha value is -3.15. The zero-order valence-electron chi connectivity index (χ0n) is 16.9. The van der Waals surface area contributed by atoms with E-state index in [1.54, 1.807) is 11.0 Å². The summed E-state index contributed by atoms with van der Waals surface area (Å²) < 4.78 is 7.19. The molecular formula is C23H26N2O4. The Balaban J connectivity index is 1.54. The first-order valence-electron chi connectivity index (χ1n) is 9.76. The molecule has 1 aromatic heterocycles. The second-order valence-corrected chi connectivity index (χ2v) is 7.26. The first-order chi connectivity index (χ1) is 13.9. The molecule has 0 spiro atoms. The van der Waals surface area contributed by atoms with Gasteiger partial charge in [0.2, 0.25) is 11.7 Å². The van der Waals surface area contributed by atoms with Crippen molar-refractivity contribution in [1.82, 2.24) is 4.57 Å². The number of aromatic nitrogens is 1. The van der Waals surface area contributed by atoms with Crippen LogP contribution in [0, 0.1) is 13.8 Å². The number of nitrogens with zero attached hydrogens (tertiary/aromatic N) is 2. The number of anilines is 1. The van der Waals surface area contributed by atoms with E-state index in [1.807, 2.05) is 48.7 Å². The topological polar surface area (TPSA) is 68.6 Å². The van der Waals surface area contributed by atoms with Gasteiger partial charge in [0.25, 0.3) is 0 Å². The minimum Gasteiger partial charge on any atom is -0.457 e. The number of benzene rings is 1. The second kappa shape index (κ2) is 8.90. The molecule has 0 radical (unpaired) electrons. The van der Waals surface area contributed by atoms with Crippen molar-refractivity contribution in [3.63, 3.8) is 0 Å². The molecule has 0 unspecified atom stereocenters. The van der Waals surface area contributed by atoms with Crippen LogP contribution in [0.15, 0.2) is 43.0 Å². The van der Waals surface area contributed by atoms with Gasteiger partial charge in [-0.05, 0) is 44.0 Å². The monoisotopic (exact) mass is 394 g/mol. The van der Waals surface area contributed by atoms with Gasteiger partial charge in [-0.1, -0.05) is 18.2 Å². The molecule has 6 heteroatoms. The lowest BCUT2D eigenvalue weighted by molar-refractivity contribution is -0.141. The molecule has 29 heavy (non-hydrogen) atoms. The van der Waals surface area contributed by atoms with Crippen LogP contribution in [0.5, 0.6) is 0 Å². The first kappa shape index (κ1) is 20.6. The summed E-state index contributed by atoms with van der Waals surface area (Å²) in [6.07, 6.45) is 3.31. The third-order valence-corrected chi connectivity index (χ3v) is 5.22. The quantitative estimate of drug-likeness (QED) is 0.391. The lowest BCUT2D eigenvalue weighted by Gasteiger charge is -2.15. The Morgan fingerprint density at radius 2 is 1.93 bits per heavy atom. The van der Waals surface area contributed by atoms with E-state index in [1.165, 1.54) is 0 Å². The molecule has 0 N–H and O–H groups in total. The third kappa shape index (κ3) is 4.65. The lowest BCUT2D eigenvalue weighted by atomic mass is 10.1. The van der Waals surface area contributed by atoms with Crippen LogP contribution in [0.25, 0.3) is 0 Å². The molecule has 0 aliphatic carbocycles. The Labute approximate surface area is 170 Å². The maximum atomic E-state index is 12.5. The largest absolute Gasteiger partial charge is 0.457 e. The van der Waals surface area contributed by atoms with Gasteiger partial charge in [-0.15, -0.1) is 6.58 Å². The molecule has 2 heterocycles. The van der Waals surface area contributed by atoms with Crippen molar-refractivity contribution in [2.24, 2.45) is 0 Å². The Kier molecular flexibility index (Phi) is 6.32. The summed E-state index contributed by atoms with van der Waals surface area (Å²) in [4.78, 5) is 38.2. The number of carbonyl (C=O) groups is 3. The van der Waals surface area contributed by atoms with Crippen molar-refractivity contribution >= 4 is 23.3 Å². The number of amides is 1. The van der Waals surface area contributed by atoms with Gasteiger partial charge in [0.05, 0.1) is 6.42 Å². The number of esters is 1. The van der Waals surface area contributed by atoms with Gasteiger partial charge in [0.1, 0.15) is 0 Å². The number of ether oxygens (including phenoxy) is 1. The van der Waals surface area contributed by atoms with E-state index in [0.29, 0.717) is 18.5 Å². The maximum Gasteiger partial charge on any atom is 0.310 e.